The van der Waals surface area contributed by atoms with Gasteiger partial charge in [0.1, 0.15) is 0 Å². The van der Waals surface area contributed by atoms with Crippen LogP contribution < -0.4 is 0 Å². The molecule has 0 N–H and O–H groups in total. The fourth-order valence-electron chi connectivity index (χ4n) is 0.769. The van der Waals surface area contributed by atoms with Gasteiger partial charge in [-0.1, -0.05) is 0 Å². The van der Waals surface area contributed by atoms with Crippen LogP contribution >= 0.6 is 0 Å². The number of hydrogen-bond donors (Lipinski definition) is 0. The summed E-state index contributed by atoms with van der Waals surface area (Å²) in [6, 6.07) is 0. The van der Waals surface area contributed by atoms with E-state index in [1.165, 1.54) is 0 Å². The summed E-state index contributed by atoms with van der Waals surface area (Å²) in [5.41, 5.74) is 0. The zero-order valence-electron chi connectivity index (χ0n) is 7.96. The van der Waals surface area contributed by atoms with E-state index in [2.05, 4.69) is 4.74 Å². The van der Waals surface area contributed by atoms with Gasteiger partial charge in [-0.15, -0.1) is 0 Å². The normalized spacial score (nSPS) is 10.7. The van der Waals surface area contributed by atoms with E-state index in [4.69, 9.17) is 9.47 Å². The Bertz CT molecular complexity index is 175. The summed E-state index contributed by atoms with van der Waals surface area (Å²) in [6.07, 6.45) is 0. The molecule has 0 rings (SSSR count). The summed E-state index contributed by atoms with van der Waals surface area (Å²) in [4.78, 5) is 20.5. The first-order chi connectivity index (χ1) is 6.02. The van der Waals surface area contributed by atoms with Crippen LogP contribution in [0.1, 0.15) is 20.8 Å². The first kappa shape index (κ1) is 11.9. The zero-order valence-corrected chi connectivity index (χ0v) is 7.96. The van der Waals surface area contributed by atoms with E-state index in [1.807, 2.05) is 0 Å². The third-order valence-corrected chi connectivity index (χ3v) is 1.10. The van der Waals surface area contributed by atoms with Crippen LogP contribution in [0.15, 0.2) is 0 Å². The highest BCUT2D eigenvalue weighted by Gasteiger charge is 2.22. The Labute approximate surface area is 77.0 Å². The number of carbonyl (C=O) groups excluding carboxylic acids is 2. The van der Waals surface area contributed by atoms with Gasteiger partial charge in [0, 0.05) is 20.5 Å². The predicted molar refractivity (Wildman–Crippen MR) is 43.4 cm³/mol. The summed E-state index contributed by atoms with van der Waals surface area (Å²) in [5.74, 6) is -1.65. The average molecular weight is 189 g/mol. The lowest BCUT2D eigenvalue weighted by atomic mass is 10.4. The maximum Gasteiger partial charge on any atom is 0.418 e. The molecule has 0 aliphatic rings. The molecule has 75 valence electrons. The van der Waals surface area contributed by atoms with Gasteiger partial charge in [-0.2, -0.15) is 0 Å². The van der Waals surface area contributed by atoms with Gasteiger partial charge in [0.2, 0.25) is 5.79 Å². The van der Waals surface area contributed by atoms with Crippen LogP contribution in [0.2, 0.25) is 0 Å². The molecule has 5 heteroatoms. The third kappa shape index (κ3) is 6.10. The van der Waals surface area contributed by atoms with Gasteiger partial charge in [0.15, 0.2) is 6.61 Å². The Morgan fingerprint density at radius 2 is 2.08 bits per heavy atom. The van der Waals surface area contributed by atoms with E-state index in [9.17, 15) is 9.59 Å². The summed E-state index contributed by atoms with van der Waals surface area (Å²) in [5, 5.41) is 0. The van der Waals surface area contributed by atoms with Crippen LogP contribution in [-0.4, -0.2) is 31.4 Å². The highest BCUT2D eigenvalue weighted by molar-refractivity contribution is 5.72. The molecule has 0 saturated carbocycles. The van der Waals surface area contributed by atoms with Gasteiger partial charge in [-0.3, -0.25) is 0 Å². The number of rotatable bonds is 6. The molecular weight excluding hydrogens is 176 g/mol. The van der Waals surface area contributed by atoms with Gasteiger partial charge in [0.05, 0.1) is 0 Å². The van der Waals surface area contributed by atoms with E-state index in [-0.39, 0.29) is 0 Å². The lowest BCUT2D eigenvalue weighted by Gasteiger charge is -2.24. The van der Waals surface area contributed by atoms with Crippen LogP contribution in [0.3, 0.4) is 0 Å². The lowest BCUT2D eigenvalue weighted by molar-refractivity contribution is -0.215. The maximum atomic E-state index is 10.9. The Hall–Kier alpha value is -1.10. The van der Waals surface area contributed by atoms with E-state index in [1.54, 1.807) is 20.8 Å². The van der Waals surface area contributed by atoms with E-state index in [0.29, 0.717) is 6.61 Å². The van der Waals surface area contributed by atoms with Crippen molar-refractivity contribution >= 4 is 12.4 Å². The fraction of sp³-hybridized carbons (Fsp3) is 0.750. The second-order valence-electron chi connectivity index (χ2n) is 2.68. The predicted octanol–water partition coefficient (Wildman–Crippen LogP) is 0.386. The highest BCUT2D eigenvalue weighted by Crippen LogP contribution is 2.10. The molecule has 0 unspecified atom stereocenters. The smallest absolute Gasteiger partial charge is 0.418 e. The first-order valence-corrected chi connectivity index (χ1v) is 3.86. The van der Waals surface area contributed by atoms with Crippen LogP contribution in [0.4, 0.5) is 0 Å². The Morgan fingerprint density at radius 3 is 2.54 bits per heavy atom. The molecular formula is C8H13O5. The number of ether oxygens (including phenoxy) is 3. The minimum atomic E-state index is -0.988. The minimum Gasteiger partial charge on any atom is -0.445 e. The first-order valence-electron chi connectivity index (χ1n) is 3.86. The van der Waals surface area contributed by atoms with Gasteiger partial charge in [-0.05, 0) is 6.92 Å². The Balaban J connectivity index is 3.81. The van der Waals surface area contributed by atoms with Crippen LogP contribution in [0, 0.1) is 0 Å². The molecule has 0 aliphatic carbocycles. The minimum absolute atomic E-state index is 0.431. The van der Waals surface area contributed by atoms with Crippen LogP contribution in [0.5, 0.6) is 0 Å². The summed E-state index contributed by atoms with van der Waals surface area (Å²) in [6.45, 7) is 6.09. The quantitative estimate of drug-likeness (QED) is 0.446. The molecule has 0 saturated heterocycles. The summed E-state index contributed by atoms with van der Waals surface area (Å²) >= 11 is 0. The van der Waals surface area contributed by atoms with Gasteiger partial charge in [0.25, 0.3) is 0 Å². The van der Waals surface area contributed by atoms with Crippen LogP contribution in [0.25, 0.3) is 0 Å². The summed E-state index contributed by atoms with van der Waals surface area (Å²) < 4.78 is 14.0. The molecule has 0 spiro atoms. The molecule has 0 aromatic heterocycles. The number of carbonyl (C=O) groups is 1. The Morgan fingerprint density at radius 1 is 1.46 bits per heavy atom. The second-order valence-corrected chi connectivity index (χ2v) is 2.68. The average Bonchev–Trinajstić information content (AvgIpc) is 1.99. The molecule has 0 bridgehead atoms. The topological polar surface area (TPSA) is 61.8 Å². The molecule has 0 aromatic carbocycles. The van der Waals surface area contributed by atoms with Gasteiger partial charge < -0.3 is 14.2 Å². The molecule has 0 aromatic rings. The van der Waals surface area contributed by atoms with Crippen molar-refractivity contribution < 1.29 is 23.8 Å². The molecule has 1 radical (unpaired) electrons. The molecule has 5 nitrogen and oxygen atoms in total. The molecule has 0 atom stereocenters. The van der Waals surface area contributed by atoms with Crippen LogP contribution in [-0.2, 0) is 23.8 Å². The van der Waals surface area contributed by atoms with E-state index < -0.39 is 18.4 Å². The maximum absolute atomic E-state index is 10.9. The molecule has 0 amide bonds. The molecule has 0 heterocycles. The Kier molecular flexibility index (Phi) is 5.06. The second kappa shape index (κ2) is 5.53. The molecule has 0 aliphatic heterocycles. The van der Waals surface area contributed by atoms with Crippen molar-refractivity contribution in [3.8, 4) is 0 Å². The van der Waals surface area contributed by atoms with Crippen molar-refractivity contribution in [1.29, 1.82) is 0 Å². The number of hydrogen-bond acceptors (Lipinski definition) is 5. The fourth-order valence-corrected chi connectivity index (χ4v) is 0.769. The largest absolute Gasteiger partial charge is 0.445 e. The van der Waals surface area contributed by atoms with Crippen molar-refractivity contribution in [2.45, 2.75) is 26.6 Å². The van der Waals surface area contributed by atoms with E-state index >= 15 is 0 Å². The SMILES string of the molecule is CCOC(C)(C)OC(=O)CO[C]=O. The number of esters is 1. The summed E-state index contributed by atoms with van der Waals surface area (Å²) in [7, 11) is 0. The standard InChI is InChI=1S/C8H13O5/c1-4-12-8(2,3)13-7(10)5-11-6-9/h4-5H2,1-3H3. The van der Waals surface area contributed by atoms with Gasteiger partial charge >= 0.3 is 12.4 Å². The lowest BCUT2D eigenvalue weighted by Crippen LogP contribution is -2.32. The van der Waals surface area contributed by atoms with Crippen molar-refractivity contribution in [1.82, 2.24) is 0 Å². The van der Waals surface area contributed by atoms with Crippen molar-refractivity contribution in [2.75, 3.05) is 13.2 Å². The molecule has 0 fully saturated rings. The van der Waals surface area contributed by atoms with Crippen molar-refractivity contribution in [2.24, 2.45) is 0 Å². The zero-order chi connectivity index (χ0) is 10.3. The van der Waals surface area contributed by atoms with Crippen molar-refractivity contribution in [3.63, 3.8) is 0 Å². The highest BCUT2D eigenvalue weighted by atomic mass is 16.7. The molecule has 13 heavy (non-hydrogen) atoms. The van der Waals surface area contributed by atoms with Crippen molar-refractivity contribution in [3.05, 3.63) is 0 Å². The van der Waals surface area contributed by atoms with Gasteiger partial charge in [-0.25, -0.2) is 9.59 Å². The van der Waals surface area contributed by atoms with E-state index in [0.717, 1.165) is 6.47 Å². The third-order valence-electron chi connectivity index (χ3n) is 1.10. The monoisotopic (exact) mass is 189 g/mol.